The third kappa shape index (κ3) is 5.27. The van der Waals surface area contributed by atoms with Gasteiger partial charge in [0, 0.05) is 5.39 Å². The van der Waals surface area contributed by atoms with Crippen molar-refractivity contribution in [3.63, 3.8) is 0 Å². The topological polar surface area (TPSA) is 75.2 Å². The van der Waals surface area contributed by atoms with E-state index in [1.807, 2.05) is 30.5 Å². The molecule has 3 aromatic rings. The van der Waals surface area contributed by atoms with Crippen LogP contribution in [0.25, 0.3) is 10.9 Å². The molecule has 1 fully saturated rings. The Balaban J connectivity index is 1.55. The number of H-pyrrole nitrogens is 1. The Kier molecular flexibility index (Phi) is 6.57. The molecule has 0 aliphatic heterocycles. The van der Waals surface area contributed by atoms with Gasteiger partial charge < -0.3 is 9.84 Å². The molecule has 160 valence electrons. The lowest BCUT2D eigenvalue weighted by Crippen LogP contribution is -2.12. The maximum Gasteiger partial charge on any atom is 0.304 e. The molecular weight excluding hydrogens is 388 g/mol. The van der Waals surface area contributed by atoms with Crippen molar-refractivity contribution in [1.82, 2.24) is 10.2 Å². The summed E-state index contributed by atoms with van der Waals surface area (Å²) in [5, 5.41) is 17.4. The Bertz CT molecular complexity index is 1090. The van der Waals surface area contributed by atoms with Crippen molar-refractivity contribution < 1.29 is 14.6 Å². The van der Waals surface area contributed by atoms with Crippen LogP contribution in [0, 0.1) is 17.8 Å². The third-order valence-corrected chi connectivity index (χ3v) is 6.12. The van der Waals surface area contributed by atoms with Crippen LogP contribution in [0.2, 0.25) is 0 Å². The van der Waals surface area contributed by atoms with Crippen LogP contribution < -0.4 is 4.74 Å². The first-order valence-electron chi connectivity index (χ1n) is 11.0. The summed E-state index contributed by atoms with van der Waals surface area (Å²) < 4.78 is 6.48. The summed E-state index contributed by atoms with van der Waals surface area (Å²) in [6, 6.07) is 14.1. The summed E-state index contributed by atoms with van der Waals surface area (Å²) in [7, 11) is 0. The van der Waals surface area contributed by atoms with Gasteiger partial charge in [-0.2, -0.15) is 5.10 Å². The van der Waals surface area contributed by atoms with Gasteiger partial charge in [-0.1, -0.05) is 55.9 Å². The molecule has 0 bridgehead atoms. The smallest absolute Gasteiger partial charge is 0.304 e. The fourth-order valence-corrected chi connectivity index (χ4v) is 4.50. The second-order valence-electron chi connectivity index (χ2n) is 8.32. The molecular formula is C26H28N2O3. The van der Waals surface area contributed by atoms with Crippen molar-refractivity contribution in [2.45, 2.75) is 57.5 Å². The van der Waals surface area contributed by atoms with E-state index in [2.05, 4.69) is 40.2 Å². The van der Waals surface area contributed by atoms with Crippen LogP contribution in [0.3, 0.4) is 0 Å². The van der Waals surface area contributed by atoms with Crippen LogP contribution in [0.4, 0.5) is 0 Å². The quantitative estimate of drug-likeness (QED) is 0.452. The van der Waals surface area contributed by atoms with Gasteiger partial charge in [0.25, 0.3) is 0 Å². The molecule has 0 radical (unpaired) electrons. The zero-order valence-electron chi connectivity index (χ0n) is 17.8. The maximum absolute atomic E-state index is 11.2. The lowest BCUT2D eigenvalue weighted by molar-refractivity contribution is -0.137. The minimum absolute atomic E-state index is 0.00442. The number of aliphatic carboxylic acids is 1. The molecule has 1 heterocycles. The van der Waals surface area contributed by atoms with Gasteiger partial charge in [-0.15, -0.1) is 5.92 Å². The average molecular weight is 417 g/mol. The Morgan fingerprint density at radius 2 is 1.94 bits per heavy atom. The molecule has 1 saturated carbocycles. The van der Waals surface area contributed by atoms with Crippen LogP contribution in [-0.2, 0) is 4.79 Å². The number of hydrogen-bond acceptors (Lipinski definition) is 3. The summed E-state index contributed by atoms with van der Waals surface area (Å²) in [5.74, 6) is 6.15. The number of fused-ring (bicyclic) bond motifs is 1. The van der Waals surface area contributed by atoms with Gasteiger partial charge in [-0.25, -0.2) is 0 Å². The molecule has 5 heteroatoms. The predicted molar refractivity (Wildman–Crippen MR) is 121 cm³/mol. The van der Waals surface area contributed by atoms with E-state index in [1.165, 1.54) is 25.7 Å². The molecule has 5 nitrogen and oxygen atoms in total. The van der Waals surface area contributed by atoms with Crippen LogP contribution >= 0.6 is 0 Å². The van der Waals surface area contributed by atoms with Gasteiger partial charge >= 0.3 is 5.97 Å². The van der Waals surface area contributed by atoms with Crippen LogP contribution in [0.1, 0.15) is 68.6 Å². The fourth-order valence-electron chi connectivity index (χ4n) is 4.50. The molecule has 1 aliphatic carbocycles. The molecule has 4 rings (SSSR count). The van der Waals surface area contributed by atoms with E-state index in [1.54, 1.807) is 6.92 Å². The van der Waals surface area contributed by atoms with E-state index in [4.69, 9.17) is 9.84 Å². The zero-order valence-corrected chi connectivity index (χ0v) is 17.8. The number of carboxylic acids is 1. The van der Waals surface area contributed by atoms with E-state index in [9.17, 15) is 4.79 Å². The summed E-state index contributed by atoms with van der Waals surface area (Å²) in [6.45, 7) is 1.73. The molecule has 2 aromatic carbocycles. The van der Waals surface area contributed by atoms with Gasteiger partial charge in [0.1, 0.15) is 11.9 Å². The van der Waals surface area contributed by atoms with Gasteiger partial charge in [0.2, 0.25) is 0 Å². The summed E-state index contributed by atoms with van der Waals surface area (Å²) in [4.78, 5) is 11.2. The fraction of sp³-hybridized carbons (Fsp3) is 0.385. The number of carboxylic acid groups (broad SMARTS) is 1. The summed E-state index contributed by atoms with van der Waals surface area (Å²) >= 11 is 0. The molecule has 1 unspecified atom stereocenters. The lowest BCUT2D eigenvalue weighted by Gasteiger charge is -2.23. The number of carbonyl (C=O) groups is 1. The lowest BCUT2D eigenvalue weighted by atomic mass is 9.94. The first-order valence-corrected chi connectivity index (χ1v) is 11.0. The van der Waals surface area contributed by atoms with Crippen LogP contribution in [0.15, 0.2) is 48.7 Å². The molecule has 0 saturated heterocycles. The molecule has 2 N–H and O–H groups in total. The molecule has 2 atom stereocenters. The van der Waals surface area contributed by atoms with Crippen LogP contribution in [-0.4, -0.2) is 21.3 Å². The molecule has 1 aliphatic rings. The van der Waals surface area contributed by atoms with Crippen molar-refractivity contribution in [2.24, 2.45) is 5.92 Å². The normalized spacial score (nSPS) is 15.9. The van der Waals surface area contributed by atoms with Gasteiger partial charge in [-0.05, 0) is 48.6 Å². The van der Waals surface area contributed by atoms with Crippen molar-refractivity contribution >= 4 is 16.9 Å². The standard InChI is InChI=1S/C26H28N2O3/c1-2-5-20(16-26(29)30)19-10-12-23(13-11-19)31-25(14-18-6-3-4-7-18)21-8-9-22-17-27-28-24(22)15-21/h8-13,15,17-18,20,25H,3-4,6-7,14,16H2,1H3,(H,27,28)(H,29,30)/t20?,25-/m0/s1. The first-order chi connectivity index (χ1) is 15.1. The highest BCUT2D eigenvalue weighted by atomic mass is 16.5. The van der Waals surface area contributed by atoms with Crippen molar-refractivity contribution in [3.8, 4) is 17.6 Å². The molecule has 0 amide bonds. The van der Waals surface area contributed by atoms with Crippen molar-refractivity contribution in [3.05, 3.63) is 59.8 Å². The number of rotatable bonds is 8. The average Bonchev–Trinajstić information content (AvgIpc) is 3.44. The summed E-state index contributed by atoms with van der Waals surface area (Å²) in [6.07, 6.45) is 7.91. The highest BCUT2D eigenvalue weighted by molar-refractivity contribution is 5.78. The Morgan fingerprint density at radius 3 is 2.65 bits per heavy atom. The Labute approximate surface area is 182 Å². The van der Waals surface area contributed by atoms with Crippen molar-refractivity contribution in [1.29, 1.82) is 0 Å². The highest BCUT2D eigenvalue weighted by Gasteiger charge is 2.23. The number of ether oxygens (including phenoxy) is 1. The monoisotopic (exact) mass is 416 g/mol. The van der Waals surface area contributed by atoms with Gasteiger partial charge in [-0.3, -0.25) is 9.89 Å². The van der Waals surface area contributed by atoms with Gasteiger partial charge in [0.05, 0.1) is 24.1 Å². The number of hydrogen-bond donors (Lipinski definition) is 2. The maximum atomic E-state index is 11.2. The highest BCUT2D eigenvalue weighted by Crippen LogP contribution is 2.36. The molecule has 31 heavy (non-hydrogen) atoms. The number of benzene rings is 2. The minimum atomic E-state index is -0.848. The van der Waals surface area contributed by atoms with E-state index in [0.717, 1.165) is 34.2 Å². The number of aromatic nitrogens is 2. The zero-order chi connectivity index (χ0) is 21.6. The largest absolute Gasteiger partial charge is 0.486 e. The molecule has 0 spiro atoms. The number of aromatic amines is 1. The van der Waals surface area contributed by atoms with E-state index in [0.29, 0.717) is 5.92 Å². The molecule has 1 aromatic heterocycles. The first kappa shape index (κ1) is 21.0. The summed E-state index contributed by atoms with van der Waals surface area (Å²) in [5.41, 5.74) is 3.06. The third-order valence-electron chi connectivity index (χ3n) is 6.12. The van der Waals surface area contributed by atoms with Gasteiger partial charge in [0.15, 0.2) is 0 Å². The van der Waals surface area contributed by atoms with E-state index < -0.39 is 5.97 Å². The van der Waals surface area contributed by atoms with Crippen LogP contribution in [0.5, 0.6) is 5.75 Å². The van der Waals surface area contributed by atoms with Crippen molar-refractivity contribution in [2.75, 3.05) is 0 Å². The Morgan fingerprint density at radius 1 is 1.19 bits per heavy atom. The number of nitrogens with one attached hydrogen (secondary N) is 1. The second kappa shape index (κ2) is 9.70. The minimum Gasteiger partial charge on any atom is -0.486 e. The van der Waals surface area contributed by atoms with E-state index in [-0.39, 0.29) is 18.4 Å². The number of nitrogens with zero attached hydrogens (tertiary/aromatic N) is 1. The second-order valence-corrected chi connectivity index (χ2v) is 8.32. The van der Waals surface area contributed by atoms with E-state index >= 15 is 0 Å². The Hall–Kier alpha value is -3.26. The predicted octanol–water partition coefficient (Wildman–Crippen LogP) is 5.84. The SMILES string of the molecule is CC#CC(CC(=O)O)c1ccc(O[C@@H](CC2CCCC2)c2ccc3cn[nH]c3c2)cc1.